The molecule has 120 valence electrons. The van der Waals surface area contributed by atoms with Crippen molar-refractivity contribution < 1.29 is 8.42 Å². The summed E-state index contributed by atoms with van der Waals surface area (Å²) in [7, 11) is -1.50. The van der Waals surface area contributed by atoms with Gasteiger partial charge in [-0.05, 0) is 53.6 Å². The first-order valence-corrected chi connectivity index (χ1v) is 9.04. The Kier molecular flexibility index (Phi) is 3.32. The van der Waals surface area contributed by atoms with E-state index in [4.69, 9.17) is 0 Å². The highest BCUT2D eigenvalue weighted by Gasteiger charge is 2.15. The van der Waals surface area contributed by atoms with Gasteiger partial charge in [-0.1, -0.05) is 18.2 Å². The first-order chi connectivity index (χ1) is 11.6. The molecule has 0 saturated heterocycles. The van der Waals surface area contributed by atoms with Crippen LogP contribution >= 0.6 is 0 Å². The quantitative estimate of drug-likeness (QED) is 0.570. The van der Waals surface area contributed by atoms with Gasteiger partial charge in [0.2, 0.25) is 0 Å². The zero-order valence-electron chi connectivity index (χ0n) is 13.1. The van der Waals surface area contributed by atoms with Crippen LogP contribution in [-0.2, 0) is 17.1 Å². The molecule has 5 heteroatoms. The van der Waals surface area contributed by atoms with Gasteiger partial charge in [-0.15, -0.1) is 0 Å². The smallest absolute Gasteiger partial charge is 0.267 e. The molecular weight excluding hydrogens is 320 g/mol. The van der Waals surface area contributed by atoms with Crippen molar-refractivity contribution in [2.75, 3.05) is 0 Å². The standard InChI is InChI=1S/C19H16N2O2S/c1-20-13-10-17-14-16(6-9-19(17)20)15-4-7-18(8-5-15)24(22,23)21-11-2-3-12-21/h2-14H,1H3. The third kappa shape index (κ3) is 2.34. The first-order valence-electron chi connectivity index (χ1n) is 7.60. The van der Waals surface area contributed by atoms with Crippen molar-refractivity contribution in [3.63, 3.8) is 0 Å². The Bertz CT molecular complexity index is 1110. The first kappa shape index (κ1) is 14.8. The van der Waals surface area contributed by atoms with E-state index in [1.54, 1.807) is 24.3 Å². The van der Waals surface area contributed by atoms with Crippen LogP contribution in [0.15, 0.2) is 84.1 Å². The Hall–Kier alpha value is -2.79. The van der Waals surface area contributed by atoms with Gasteiger partial charge in [-0.2, -0.15) is 0 Å². The maximum Gasteiger partial charge on any atom is 0.267 e. The Balaban J connectivity index is 1.73. The van der Waals surface area contributed by atoms with Crippen molar-refractivity contribution in [2.45, 2.75) is 4.90 Å². The number of rotatable bonds is 3. The molecule has 0 saturated carbocycles. The predicted octanol–water partition coefficient (Wildman–Crippen LogP) is 3.88. The summed E-state index contributed by atoms with van der Waals surface area (Å²) in [5.74, 6) is 0. The summed E-state index contributed by atoms with van der Waals surface area (Å²) in [6, 6.07) is 18.7. The molecule has 2 aromatic heterocycles. The van der Waals surface area contributed by atoms with Gasteiger partial charge in [0.05, 0.1) is 4.90 Å². The zero-order chi connectivity index (χ0) is 16.7. The fourth-order valence-electron chi connectivity index (χ4n) is 2.88. The van der Waals surface area contributed by atoms with Crippen LogP contribution in [0.5, 0.6) is 0 Å². The van der Waals surface area contributed by atoms with Crippen LogP contribution in [0, 0.1) is 0 Å². The third-order valence-electron chi connectivity index (χ3n) is 4.23. The maximum atomic E-state index is 12.5. The second-order valence-corrected chi connectivity index (χ2v) is 7.59. The Morgan fingerprint density at radius 1 is 0.792 bits per heavy atom. The molecule has 0 radical (unpaired) electrons. The SMILES string of the molecule is Cn1ccc2cc(-c3ccc(S(=O)(=O)n4cccc4)cc3)ccc21. The molecule has 0 spiro atoms. The molecule has 0 amide bonds. The van der Waals surface area contributed by atoms with Crippen molar-refractivity contribution in [3.05, 3.63) is 79.3 Å². The lowest BCUT2D eigenvalue weighted by molar-refractivity contribution is 0.587. The molecule has 0 atom stereocenters. The number of nitrogens with zero attached hydrogens (tertiary/aromatic N) is 2. The van der Waals surface area contributed by atoms with E-state index in [0.717, 1.165) is 11.1 Å². The van der Waals surface area contributed by atoms with E-state index in [1.807, 2.05) is 25.4 Å². The summed E-state index contributed by atoms with van der Waals surface area (Å²) in [5.41, 5.74) is 3.23. The number of benzene rings is 2. The topological polar surface area (TPSA) is 44.0 Å². The molecule has 0 aliphatic heterocycles. The molecule has 2 heterocycles. The van der Waals surface area contributed by atoms with Crippen LogP contribution in [-0.4, -0.2) is 17.0 Å². The van der Waals surface area contributed by atoms with Crippen LogP contribution in [0.4, 0.5) is 0 Å². The average molecular weight is 336 g/mol. The van der Waals surface area contributed by atoms with Gasteiger partial charge in [0, 0.05) is 36.5 Å². The summed E-state index contributed by atoms with van der Waals surface area (Å²) in [6.45, 7) is 0. The fourth-order valence-corrected chi connectivity index (χ4v) is 4.07. The molecular formula is C19H16N2O2S. The minimum atomic E-state index is -3.51. The lowest BCUT2D eigenvalue weighted by Crippen LogP contribution is -2.10. The molecule has 0 aliphatic carbocycles. The zero-order valence-corrected chi connectivity index (χ0v) is 13.9. The van der Waals surface area contributed by atoms with Gasteiger partial charge < -0.3 is 4.57 Å². The largest absolute Gasteiger partial charge is 0.351 e. The van der Waals surface area contributed by atoms with E-state index in [9.17, 15) is 8.42 Å². The summed E-state index contributed by atoms with van der Waals surface area (Å²) in [6.07, 6.45) is 5.10. The summed E-state index contributed by atoms with van der Waals surface area (Å²) >= 11 is 0. The highest BCUT2D eigenvalue weighted by molar-refractivity contribution is 7.90. The Morgan fingerprint density at radius 2 is 1.46 bits per heavy atom. The van der Waals surface area contributed by atoms with Crippen LogP contribution in [0.3, 0.4) is 0 Å². The Morgan fingerprint density at radius 3 is 2.17 bits per heavy atom. The molecule has 0 aliphatic rings. The molecule has 4 rings (SSSR count). The van der Waals surface area contributed by atoms with Crippen LogP contribution in [0.25, 0.3) is 22.0 Å². The number of hydrogen-bond donors (Lipinski definition) is 0. The van der Waals surface area contributed by atoms with Crippen molar-refractivity contribution in [3.8, 4) is 11.1 Å². The van der Waals surface area contributed by atoms with E-state index >= 15 is 0 Å². The maximum absolute atomic E-state index is 12.5. The normalized spacial score (nSPS) is 11.9. The molecule has 24 heavy (non-hydrogen) atoms. The Labute approximate surface area is 140 Å². The predicted molar refractivity (Wildman–Crippen MR) is 95.4 cm³/mol. The molecule has 2 aromatic carbocycles. The highest BCUT2D eigenvalue weighted by atomic mass is 32.2. The number of aromatic nitrogens is 2. The van der Waals surface area contributed by atoms with Gasteiger partial charge in [0.1, 0.15) is 0 Å². The fraction of sp³-hybridized carbons (Fsp3) is 0.0526. The lowest BCUT2D eigenvalue weighted by Gasteiger charge is -2.07. The lowest BCUT2D eigenvalue weighted by atomic mass is 10.0. The van der Waals surface area contributed by atoms with E-state index in [2.05, 4.69) is 28.8 Å². The van der Waals surface area contributed by atoms with Gasteiger partial charge in [0.25, 0.3) is 10.0 Å². The monoisotopic (exact) mass is 336 g/mol. The summed E-state index contributed by atoms with van der Waals surface area (Å²) < 4.78 is 28.3. The summed E-state index contributed by atoms with van der Waals surface area (Å²) in [5, 5.41) is 1.17. The van der Waals surface area contributed by atoms with Crippen LogP contribution in [0.2, 0.25) is 0 Å². The number of aryl methyl sites for hydroxylation is 1. The molecule has 4 nitrogen and oxygen atoms in total. The van der Waals surface area contributed by atoms with Crippen LogP contribution in [0.1, 0.15) is 0 Å². The molecule has 0 N–H and O–H groups in total. The number of hydrogen-bond acceptors (Lipinski definition) is 2. The molecule has 0 bridgehead atoms. The van der Waals surface area contributed by atoms with E-state index < -0.39 is 10.0 Å². The molecule has 0 unspecified atom stereocenters. The van der Waals surface area contributed by atoms with Gasteiger partial charge >= 0.3 is 0 Å². The minimum absolute atomic E-state index is 0.281. The van der Waals surface area contributed by atoms with E-state index in [1.165, 1.54) is 27.3 Å². The van der Waals surface area contributed by atoms with E-state index in [-0.39, 0.29) is 4.90 Å². The van der Waals surface area contributed by atoms with Gasteiger partial charge in [-0.3, -0.25) is 0 Å². The van der Waals surface area contributed by atoms with Gasteiger partial charge in [0.15, 0.2) is 0 Å². The van der Waals surface area contributed by atoms with Crippen molar-refractivity contribution >= 4 is 20.9 Å². The van der Waals surface area contributed by atoms with Crippen molar-refractivity contribution in [2.24, 2.45) is 7.05 Å². The third-order valence-corrected chi connectivity index (χ3v) is 5.89. The van der Waals surface area contributed by atoms with Crippen LogP contribution < -0.4 is 0 Å². The van der Waals surface area contributed by atoms with Crippen molar-refractivity contribution in [1.29, 1.82) is 0 Å². The van der Waals surface area contributed by atoms with Gasteiger partial charge in [-0.25, -0.2) is 12.4 Å². The number of fused-ring (bicyclic) bond motifs is 1. The summed E-state index contributed by atoms with van der Waals surface area (Å²) in [4.78, 5) is 0.281. The second kappa shape index (κ2) is 5.39. The average Bonchev–Trinajstić information content (AvgIpc) is 3.26. The molecule has 0 fully saturated rings. The van der Waals surface area contributed by atoms with Crippen molar-refractivity contribution in [1.82, 2.24) is 8.54 Å². The minimum Gasteiger partial charge on any atom is -0.351 e. The highest BCUT2D eigenvalue weighted by Crippen LogP contribution is 2.26. The molecule has 4 aromatic rings. The second-order valence-electron chi connectivity index (χ2n) is 5.74. The van der Waals surface area contributed by atoms with E-state index in [0.29, 0.717) is 0 Å².